The molecule has 3 aromatic carbocycles. The van der Waals surface area contributed by atoms with E-state index >= 15 is 0 Å². The third-order valence-electron chi connectivity index (χ3n) is 6.92. The van der Waals surface area contributed by atoms with Gasteiger partial charge in [0.25, 0.3) is 5.91 Å². The Morgan fingerprint density at radius 3 is 2.38 bits per heavy atom. The van der Waals surface area contributed by atoms with Gasteiger partial charge in [0, 0.05) is 24.0 Å². The van der Waals surface area contributed by atoms with Crippen molar-refractivity contribution >= 4 is 17.6 Å². The van der Waals surface area contributed by atoms with Gasteiger partial charge in [0.1, 0.15) is 11.6 Å². The molecule has 12 heteroatoms. The van der Waals surface area contributed by atoms with Gasteiger partial charge in [-0.2, -0.15) is 13.2 Å². The highest BCUT2D eigenvalue weighted by Gasteiger charge is 2.32. The lowest BCUT2D eigenvalue weighted by Gasteiger charge is -2.19. The topological polar surface area (TPSA) is 96.0 Å². The summed E-state index contributed by atoms with van der Waals surface area (Å²) in [7, 11) is 1.43. The summed E-state index contributed by atoms with van der Waals surface area (Å²) in [5.74, 6) is -1.59. The molecule has 45 heavy (non-hydrogen) atoms. The van der Waals surface area contributed by atoms with Gasteiger partial charge >= 0.3 is 12.1 Å². The van der Waals surface area contributed by atoms with Crippen LogP contribution in [0.4, 0.5) is 23.2 Å². The first-order valence-corrected chi connectivity index (χ1v) is 14.0. The van der Waals surface area contributed by atoms with Gasteiger partial charge in [0.15, 0.2) is 18.1 Å². The summed E-state index contributed by atoms with van der Waals surface area (Å²) in [6, 6.07) is 14.5. The molecule has 0 spiro atoms. The lowest BCUT2D eigenvalue weighted by Crippen LogP contribution is -2.15. The van der Waals surface area contributed by atoms with Crippen LogP contribution in [0.25, 0.3) is 11.1 Å². The largest absolute Gasteiger partial charge is 0.481 e. The van der Waals surface area contributed by atoms with Gasteiger partial charge in [-0.1, -0.05) is 12.1 Å². The molecule has 1 saturated carbocycles. The van der Waals surface area contributed by atoms with Crippen LogP contribution in [0.15, 0.2) is 72.9 Å². The first-order chi connectivity index (χ1) is 21.5. The monoisotopic (exact) mass is 624 g/mol. The number of ether oxygens (including phenoxy) is 4. The lowest BCUT2D eigenvalue weighted by molar-refractivity contribution is -0.145. The number of nitrogens with zero attached hydrogens (tertiary/aromatic N) is 1. The van der Waals surface area contributed by atoms with Crippen LogP contribution in [0.1, 0.15) is 47.2 Å². The summed E-state index contributed by atoms with van der Waals surface area (Å²) in [6.45, 7) is 1.26. The Morgan fingerprint density at radius 2 is 1.71 bits per heavy atom. The molecule has 1 amide bonds. The van der Waals surface area contributed by atoms with E-state index in [1.807, 2.05) is 0 Å². The smallest absolute Gasteiger partial charge is 0.416 e. The average molecular weight is 625 g/mol. The quantitative estimate of drug-likeness (QED) is 0.135. The number of benzene rings is 3. The number of alkyl halides is 3. The molecule has 1 aromatic heterocycles. The molecular weight excluding hydrogens is 596 g/mol. The Kier molecular flexibility index (Phi) is 9.21. The molecule has 8 nitrogen and oxygen atoms in total. The number of rotatable bonds is 11. The fourth-order valence-electron chi connectivity index (χ4n) is 4.61. The Balaban J connectivity index is 1.58. The number of pyridine rings is 1. The van der Waals surface area contributed by atoms with Crippen molar-refractivity contribution in [3.8, 4) is 34.3 Å². The van der Waals surface area contributed by atoms with Crippen LogP contribution in [0.2, 0.25) is 0 Å². The van der Waals surface area contributed by atoms with Crippen LogP contribution in [0, 0.1) is 5.82 Å². The number of methoxy groups -OCH3 is 1. The molecule has 1 fully saturated rings. The Hall–Kier alpha value is -5.13. The minimum Gasteiger partial charge on any atom is -0.481 e. The zero-order chi connectivity index (χ0) is 32.1. The third kappa shape index (κ3) is 7.69. The first-order valence-electron chi connectivity index (χ1n) is 14.0. The third-order valence-corrected chi connectivity index (χ3v) is 6.92. The van der Waals surface area contributed by atoms with Crippen molar-refractivity contribution in [1.29, 1.82) is 0 Å². The zero-order valence-electron chi connectivity index (χ0n) is 24.2. The second kappa shape index (κ2) is 13.2. The zero-order valence-corrected chi connectivity index (χ0v) is 24.2. The van der Waals surface area contributed by atoms with E-state index in [1.54, 1.807) is 25.1 Å². The number of carbonyl (C=O) groups is 2. The number of carbonyl (C=O) groups excluding carboxylic acids is 2. The molecule has 0 atom stereocenters. The standard InChI is InChI=1S/C33H28F4N2O6/c1-3-43-31(40)18-44-29-14-22(34)10-11-27(29)45-28-17-25(19-4-5-19)24(20-6-8-21(9-7-20)33(35,36)37)16-26(28)32(41)39-23-12-13-38-30(15-23)42-2/h6-17,19H,3-5,18H2,1-2H3,(H,38,39,41). The van der Waals surface area contributed by atoms with Crippen molar-refractivity contribution < 1.29 is 46.1 Å². The number of nitrogens with one attached hydrogen (secondary N) is 1. The van der Waals surface area contributed by atoms with Crippen molar-refractivity contribution in [2.24, 2.45) is 0 Å². The minimum atomic E-state index is -4.51. The van der Waals surface area contributed by atoms with E-state index < -0.39 is 36.0 Å². The summed E-state index contributed by atoms with van der Waals surface area (Å²) >= 11 is 0. The molecule has 1 heterocycles. The number of aromatic nitrogens is 1. The highest BCUT2D eigenvalue weighted by Crippen LogP contribution is 2.48. The molecule has 0 saturated heterocycles. The minimum absolute atomic E-state index is 0.0179. The maximum atomic E-state index is 14.2. The molecule has 1 aliphatic carbocycles. The molecule has 0 bridgehead atoms. The van der Waals surface area contributed by atoms with E-state index in [9.17, 15) is 27.2 Å². The van der Waals surface area contributed by atoms with Gasteiger partial charge in [-0.05, 0) is 84.8 Å². The Morgan fingerprint density at radius 1 is 0.956 bits per heavy atom. The molecule has 4 aromatic rings. The van der Waals surface area contributed by atoms with Gasteiger partial charge in [0.2, 0.25) is 5.88 Å². The van der Waals surface area contributed by atoms with Crippen LogP contribution < -0.4 is 19.5 Å². The van der Waals surface area contributed by atoms with E-state index in [4.69, 9.17) is 18.9 Å². The Bertz CT molecular complexity index is 1700. The predicted molar refractivity (Wildman–Crippen MR) is 156 cm³/mol. The second-order valence-corrected chi connectivity index (χ2v) is 10.1. The molecule has 1 aliphatic rings. The molecule has 5 rings (SSSR count). The highest BCUT2D eigenvalue weighted by molar-refractivity contribution is 6.07. The van der Waals surface area contributed by atoms with Crippen molar-refractivity contribution in [1.82, 2.24) is 4.98 Å². The SMILES string of the molecule is CCOC(=O)COc1cc(F)ccc1Oc1cc(C2CC2)c(-c2ccc(C(F)(F)F)cc2)cc1C(=O)Nc1ccnc(OC)c1. The predicted octanol–water partition coefficient (Wildman–Crippen LogP) is 7.78. The maximum absolute atomic E-state index is 14.2. The molecule has 234 valence electrons. The van der Waals surface area contributed by atoms with Gasteiger partial charge in [0.05, 0.1) is 24.8 Å². The molecule has 0 aliphatic heterocycles. The van der Waals surface area contributed by atoms with Crippen molar-refractivity contribution in [2.45, 2.75) is 31.9 Å². The number of halogens is 4. The number of hydrogen-bond donors (Lipinski definition) is 1. The number of esters is 1. The maximum Gasteiger partial charge on any atom is 0.416 e. The van der Waals surface area contributed by atoms with E-state index in [0.717, 1.165) is 42.7 Å². The van der Waals surface area contributed by atoms with Crippen LogP contribution in [-0.2, 0) is 15.7 Å². The fourth-order valence-corrected chi connectivity index (χ4v) is 4.61. The number of hydrogen-bond acceptors (Lipinski definition) is 7. The second-order valence-electron chi connectivity index (χ2n) is 10.1. The fraction of sp³-hybridized carbons (Fsp3) is 0.242. The van der Waals surface area contributed by atoms with Crippen molar-refractivity contribution in [3.63, 3.8) is 0 Å². The van der Waals surface area contributed by atoms with E-state index in [0.29, 0.717) is 16.8 Å². The molecule has 0 unspecified atom stereocenters. The molecule has 0 radical (unpaired) electrons. The summed E-state index contributed by atoms with van der Waals surface area (Å²) in [5.41, 5.74) is 1.41. The normalized spacial score (nSPS) is 12.8. The van der Waals surface area contributed by atoms with Gasteiger partial charge in [-0.15, -0.1) is 0 Å². The van der Waals surface area contributed by atoms with Crippen molar-refractivity contribution in [3.05, 3.63) is 95.4 Å². The van der Waals surface area contributed by atoms with Gasteiger partial charge in [-0.3, -0.25) is 4.79 Å². The van der Waals surface area contributed by atoms with Crippen LogP contribution >= 0.6 is 0 Å². The highest BCUT2D eigenvalue weighted by atomic mass is 19.4. The summed E-state index contributed by atoms with van der Waals surface area (Å²) in [6.07, 6.45) is -1.39. The summed E-state index contributed by atoms with van der Waals surface area (Å²) < 4.78 is 75.7. The van der Waals surface area contributed by atoms with Gasteiger partial charge < -0.3 is 24.3 Å². The number of anilines is 1. The van der Waals surface area contributed by atoms with E-state index in [1.165, 1.54) is 37.6 Å². The van der Waals surface area contributed by atoms with Crippen LogP contribution in [0.5, 0.6) is 23.1 Å². The average Bonchev–Trinajstić information content (AvgIpc) is 3.86. The molecular formula is C33H28F4N2O6. The summed E-state index contributed by atoms with van der Waals surface area (Å²) in [4.78, 5) is 29.7. The number of amides is 1. The van der Waals surface area contributed by atoms with E-state index in [-0.39, 0.29) is 41.2 Å². The van der Waals surface area contributed by atoms with Crippen LogP contribution in [-0.4, -0.2) is 37.2 Å². The first kappa shape index (κ1) is 31.3. The molecule has 1 N–H and O–H groups in total. The van der Waals surface area contributed by atoms with Gasteiger partial charge in [-0.25, -0.2) is 14.2 Å². The van der Waals surface area contributed by atoms with Crippen LogP contribution in [0.3, 0.4) is 0 Å². The Labute approximate surface area is 255 Å². The van der Waals surface area contributed by atoms with Crippen molar-refractivity contribution in [2.75, 3.05) is 25.6 Å². The summed E-state index contributed by atoms with van der Waals surface area (Å²) in [5, 5.41) is 2.77. The van der Waals surface area contributed by atoms with E-state index in [2.05, 4.69) is 10.3 Å². The lowest BCUT2D eigenvalue weighted by atomic mass is 9.93.